The largest absolute Gasteiger partial charge is 0.507 e. The molecule has 0 fully saturated rings. The summed E-state index contributed by atoms with van der Waals surface area (Å²) in [5.74, 6) is -0.0399. The molecule has 1 aliphatic rings. The molecule has 5 nitrogen and oxygen atoms in total. The maximum absolute atomic E-state index is 12.9. The fourth-order valence-electron chi connectivity index (χ4n) is 4.19. The summed E-state index contributed by atoms with van der Waals surface area (Å²) in [6.07, 6.45) is 7.18. The van der Waals surface area contributed by atoms with E-state index in [0.29, 0.717) is 50.0 Å². The summed E-state index contributed by atoms with van der Waals surface area (Å²) in [6, 6.07) is 17.5. The predicted octanol–water partition coefficient (Wildman–Crippen LogP) is 6.61. The van der Waals surface area contributed by atoms with E-state index in [-0.39, 0.29) is 23.2 Å². The molecule has 1 heterocycles. The standard InChI is InChI=1S/C29H30O5/c1-20-8-7-13-25(30)12-4-2-3-11-24-17-26(18-27(31)28(24)29(32)34-20)33-19-21-14-15-22-9-5-6-10-23(22)16-21/h3,5-6,9-11,14-18,20,31H,2,4,7-8,12-13,19H2,1H3/t20-/m0/s1. The lowest BCUT2D eigenvalue weighted by Crippen LogP contribution is -2.17. The molecule has 1 atom stereocenters. The number of cyclic esters (lactones) is 1. The van der Waals surface area contributed by atoms with Gasteiger partial charge in [0.05, 0.1) is 6.10 Å². The van der Waals surface area contributed by atoms with Gasteiger partial charge in [-0.25, -0.2) is 4.79 Å². The number of benzene rings is 3. The minimum absolute atomic E-state index is 0.134. The second-order valence-corrected chi connectivity index (χ2v) is 8.82. The number of fused-ring (bicyclic) bond motifs is 2. The van der Waals surface area contributed by atoms with Crippen molar-refractivity contribution >= 4 is 28.6 Å². The van der Waals surface area contributed by atoms with Gasteiger partial charge in [0.25, 0.3) is 0 Å². The van der Waals surface area contributed by atoms with Crippen LogP contribution in [0.4, 0.5) is 0 Å². The van der Waals surface area contributed by atoms with Crippen LogP contribution >= 0.6 is 0 Å². The molecule has 0 saturated heterocycles. The number of carbonyl (C=O) groups is 2. The fourth-order valence-corrected chi connectivity index (χ4v) is 4.19. The van der Waals surface area contributed by atoms with Crippen LogP contribution in [0.2, 0.25) is 0 Å². The number of phenolic OH excluding ortho intramolecular Hbond substituents is 1. The van der Waals surface area contributed by atoms with Gasteiger partial charge in [-0.05, 0) is 66.6 Å². The van der Waals surface area contributed by atoms with Crippen molar-refractivity contribution < 1.29 is 24.2 Å². The Bertz CT molecular complexity index is 1210. The number of ketones is 1. The van der Waals surface area contributed by atoms with Crippen LogP contribution < -0.4 is 4.74 Å². The lowest BCUT2D eigenvalue weighted by molar-refractivity contribution is -0.119. The van der Waals surface area contributed by atoms with Crippen LogP contribution in [0.25, 0.3) is 16.8 Å². The maximum atomic E-state index is 12.9. The van der Waals surface area contributed by atoms with Crippen molar-refractivity contribution in [3.05, 3.63) is 77.4 Å². The molecule has 3 aromatic rings. The molecule has 5 heteroatoms. The van der Waals surface area contributed by atoms with Gasteiger partial charge in [0, 0.05) is 18.9 Å². The van der Waals surface area contributed by atoms with Crippen molar-refractivity contribution in [3.8, 4) is 11.5 Å². The monoisotopic (exact) mass is 458 g/mol. The molecule has 0 spiro atoms. The highest BCUT2D eigenvalue weighted by atomic mass is 16.5. The van der Waals surface area contributed by atoms with Crippen LogP contribution in [0.1, 0.15) is 66.9 Å². The van der Waals surface area contributed by atoms with E-state index in [4.69, 9.17) is 9.47 Å². The molecule has 0 amide bonds. The summed E-state index contributed by atoms with van der Waals surface area (Å²) in [4.78, 5) is 24.9. The Morgan fingerprint density at radius 3 is 2.65 bits per heavy atom. The topological polar surface area (TPSA) is 72.8 Å². The van der Waals surface area contributed by atoms with Gasteiger partial charge in [-0.2, -0.15) is 0 Å². The summed E-state index contributed by atoms with van der Waals surface area (Å²) in [7, 11) is 0. The van der Waals surface area contributed by atoms with Crippen molar-refractivity contribution in [3.63, 3.8) is 0 Å². The number of rotatable bonds is 3. The molecule has 0 aliphatic carbocycles. The average molecular weight is 459 g/mol. The van der Waals surface area contributed by atoms with E-state index in [1.165, 1.54) is 6.07 Å². The zero-order chi connectivity index (χ0) is 23.9. The van der Waals surface area contributed by atoms with Crippen LogP contribution in [-0.2, 0) is 16.1 Å². The molecule has 34 heavy (non-hydrogen) atoms. The Balaban J connectivity index is 1.57. The lowest BCUT2D eigenvalue weighted by Gasteiger charge is -2.16. The maximum Gasteiger partial charge on any atom is 0.342 e. The number of hydrogen-bond acceptors (Lipinski definition) is 5. The molecule has 0 saturated carbocycles. The minimum atomic E-state index is -0.575. The molecular formula is C29H30O5. The van der Waals surface area contributed by atoms with Gasteiger partial charge in [-0.3, -0.25) is 4.79 Å². The number of allylic oxidation sites excluding steroid dienone is 1. The Labute approximate surface area is 200 Å². The molecule has 1 aliphatic heterocycles. The van der Waals surface area contributed by atoms with Crippen LogP contribution in [0.5, 0.6) is 11.5 Å². The van der Waals surface area contributed by atoms with E-state index in [0.717, 1.165) is 22.8 Å². The van der Waals surface area contributed by atoms with Crippen molar-refractivity contribution in [2.24, 2.45) is 0 Å². The van der Waals surface area contributed by atoms with Gasteiger partial charge >= 0.3 is 5.97 Å². The third-order valence-corrected chi connectivity index (χ3v) is 6.04. The number of ether oxygens (including phenoxy) is 2. The number of Topliss-reactive ketones (excluding diaryl/α,β-unsaturated/α-hetero) is 1. The summed E-state index contributed by atoms with van der Waals surface area (Å²) >= 11 is 0. The summed E-state index contributed by atoms with van der Waals surface area (Å²) in [5, 5.41) is 13.0. The SMILES string of the molecule is C[C@H]1CCCC(=O)CCCC=Cc2cc(OCc3ccc4ccccc4c3)cc(O)c2C(=O)O1. The van der Waals surface area contributed by atoms with Crippen molar-refractivity contribution in [2.45, 2.75) is 58.2 Å². The van der Waals surface area contributed by atoms with Crippen LogP contribution in [0, 0.1) is 0 Å². The molecule has 1 N–H and O–H groups in total. The molecule has 3 aromatic carbocycles. The van der Waals surface area contributed by atoms with Crippen molar-refractivity contribution in [2.75, 3.05) is 0 Å². The van der Waals surface area contributed by atoms with Crippen molar-refractivity contribution in [1.29, 1.82) is 0 Å². The quantitative estimate of drug-likeness (QED) is 0.447. The predicted molar refractivity (Wildman–Crippen MR) is 133 cm³/mol. The van der Waals surface area contributed by atoms with Crippen LogP contribution in [0.15, 0.2) is 60.7 Å². The van der Waals surface area contributed by atoms with E-state index in [1.54, 1.807) is 12.1 Å². The first-order chi connectivity index (χ1) is 16.5. The molecule has 0 aromatic heterocycles. The van der Waals surface area contributed by atoms with E-state index < -0.39 is 5.97 Å². The summed E-state index contributed by atoms with van der Waals surface area (Å²) < 4.78 is 11.5. The third kappa shape index (κ3) is 6.04. The first-order valence-corrected chi connectivity index (χ1v) is 11.9. The number of aromatic hydroxyl groups is 1. The highest BCUT2D eigenvalue weighted by Gasteiger charge is 2.21. The second kappa shape index (κ2) is 11.0. The minimum Gasteiger partial charge on any atom is -0.507 e. The summed E-state index contributed by atoms with van der Waals surface area (Å²) in [5.41, 5.74) is 1.68. The average Bonchev–Trinajstić information content (AvgIpc) is 2.81. The Morgan fingerprint density at radius 1 is 1.00 bits per heavy atom. The normalized spacial score (nSPS) is 17.6. The second-order valence-electron chi connectivity index (χ2n) is 8.82. The highest BCUT2D eigenvalue weighted by Crippen LogP contribution is 2.31. The zero-order valence-corrected chi connectivity index (χ0v) is 19.5. The zero-order valence-electron chi connectivity index (χ0n) is 19.5. The molecule has 4 rings (SSSR count). The van der Waals surface area contributed by atoms with Crippen molar-refractivity contribution in [1.82, 2.24) is 0 Å². The van der Waals surface area contributed by atoms with Crippen LogP contribution in [0.3, 0.4) is 0 Å². The Kier molecular flexibility index (Phi) is 7.63. The van der Waals surface area contributed by atoms with E-state index in [9.17, 15) is 14.7 Å². The van der Waals surface area contributed by atoms with Gasteiger partial charge in [-0.1, -0.05) is 48.6 Å². The number of carbonyl (C=O) groups excluding carboxylic acids is 2. The lowest BCUT2D eigenvalue weighted by atomic mass is 10.0. The van der Waals surface area contributed by atoms with E-state index in [2.05, 4.69) is 24.3 Å². The molecule has 0 radical (unpaired) electrons. The van der Waals surface area contributed by atoms with Gasteiger partial charge in [0.15, 0.2) is 0 Å². The van der Waals surface area contributed by atoms with Gasteiger partial charge in [-0.15, -0.1) is 0 Å². The van der Waals surface area contributed by atoms with E-state index >= 15 is 0 Å². The fraction of sp³-hybridized carbons (Fsp3) is 0.310. The molecule has 0 unspecified atom stereocenters. The van der Waals surface area contributed by atoms with E-state index in [1.807, 2.05) is 31.2 Å². The van der Waals surface area contributed by atoms with Gasteiger partial charge in [0.1, 0.15) is 29.5 Å². The molecule has 176 valence electrons. The first kappa shape index (κ1) is 23.6. The number of phenols is 1. The first-order valence-electron chi connectivity index (χ1n) is 11.9. The number of esters is 1. The smallest absolute Gasteiger partial charge is 0.342 e. The summed E-state index contributed by atoms with van der Waals surface area (Å²) in [6.45, 7) is 2.14. The van der Waals surface area contributed by atoms with Crippen LogP contribution in [-0.4, -0.2) is 23.0 Å². The number of hydrogen-bond donors (Lipinski definition) is 1. The molecular weight excluding hydrogens is 428 g/mol. The van der Waals surface area contributed by atoms with Gasteiger partial charge < -0.3 is 14.6 Å². The highest BCUT2D eigenvalue weighted by molar-refractivity contribution is 5.97. The molecule has 0 bridgehead atoms. The Morgan fingerprint density at radius 2 is 1.79 bits per heavy atom. The third-order valence-electron chi connectivity index (χ3n) is 6.04. The van der Waals surface area contributed by atoms with Gasteiger partial charge in [0.2, 0.25) is 0 Å². The Hall–Kier alpha value is -3.60.